The number of aryl methyl sites for hydroxylation is 2. The lowest BCUT2D eigenvalue weighted by atomic mass is 10.0. The van der Waals surface area contributed by atoms with E-state index < -0.39 is 0 Å². The minimum absolute atomic E-state index is 0.0642. The number of nitrogens with zero attached hydrogens (tertiary/aromatic N) is 2. The van der Waals surface area contributed by atoms with Crippen molar-refractivity contribution in [1.29, 1.82) is 0 Å². The van der Waals surface area contributed by atoms with Crippen LogP contribution in [-0.4, -0.2) is 59.3 Å². The Hall–Kier alpha value is -2.74. The molecular weight excluding hydrogens is 444 g/mol. The van der Waals surface area contributed by atoms with Crippen LogP contribution in [0.3, 0.4) is 0 Å². The summed E-state index contributed by atoms with van der Waals surface area (Å²) >= 11 is 5.79. The summed E-state index contributed by atoms with van der Waals surface area (Å²) in [4.78, 5) is 20.5. The third-order valence-electron chi connectivity index (χ3n) is 6.29. The van der Waals surface area contributed by atoms with Gasteiger partial charge in [-0.05, 0) is 67.9 Å². The first-order valence-corrected chi connectivity index (χ1v) is 12.4. The maximum atomic E-state index is 12.9. The molecule has 7 heteroatoms. The molecule has 1 aliphatic rings. The first-order valence-electron chi connectivity index (χ1n) is 12.0. The van der Waals surface area contributed by atoms with Crippen LogP contribution in [-0.2, 0) is 17.8 Å². The average molecular weight is 479 g/mol. The van der Waals surface area contributed by atoms with Crippen molar-refractivity contribution in [3.63, 3.8) is 0 Å². The van der Waals surface area contributed by atoms with Crippen molar-refractivity contribution >= 4 is 28.2 Å². The van der Waals surface area contributed by atoms with Crippen LogP contribution >= 0.6 is 12.2 Å². The van der Waals surface area contributed by atoms with Crippen molar-refractivity contribution in [2.24, 2.45) is 0 Å². The van der Waals surface area contributed by atoms with E-state index in [9.17, 15) is 4.79 Å². The van der Waals surface area contributed by atoms with E-state index in [4.69, 9.17) is 17.0 Å². The van der Waals surface area contributed by atoms with E-state index in [0.717, 1.165) is 73.4 Å². The Bertz CT molecular complexity index is 1170. The zero-order valence-electron chi connectivity index (χ0n) is 20.1. The van der Waals surface area contributed by atoms with Crippen molar-refractivity contribution in [2.45, 2.75) is 33.4 Å². The summed E-state index contributed by atoms with van der Waals surface area (Å²) in [7, 11) is 0. The second-order valence-corrected chi connectivity index (χ2v) is 9.43. The number of fused-ring (bicyclic) bond motifs is 1. The molecule has 1 aromatic heterocycles. The number of rotatable bonds is 8. The molecule has 1 aliphatic heterocycles. The fourth-order valence-electron chi connectivity index (χ4n) is 4.48. The van der Waals surface area contributed by atoms with Crippen LogP contribution in [0.5, 0.6) is 0 Å². The molecule has 2 N–H and O–H groups in total. The molecule has 34 heavy (non-hydrogen) atoms. The maximum absolute atomic E-state index is 12.9. The molecular formula is C27H34N4O2S. The normalized spacial score (nSPS) is 14.3. The zero-order valence-corrected chi connectivity index (χ0v) is 20.9. The summed E-state index contributed by atoms with van der Waals surface area (Å²) in [6, 6.07) is 16.4. The minimum atomic E-state index is -0.0642. The number of nitrogens with one attached hydrogen (secondary N) is 2. The molecule has 0 aliphatic carbocycles. The van der Waals surface area contributed by atoms with Crippen molar-refractivity contribution in [1.82, 2.24) is 20.1 Å². The number of hydrogen-bond donors (Lipinski definition) is 2. The number of H-pyrrole nitrogens is 1. The molecule has 3 aromatic rings. The Morgan fingerprint density at radius 3 is 2.65 bits per heavy atom. The van der Waals surface area contributed by atoms with Crippen molar-refractivity contribution in [3.8, 4) is 0 Å². The van der Waals surface area contributed by atoms with Crippen LogP contribution in [0.1, 0.15) is 28.7 Å². The molecule has 2 heterocycles. The molecule has 1 saturated heterocycles. The molecule has 4 rings (SSSR count). The highest BCUT2D eigenvalue weighted by Crippen LogP contribution is 2.19. The number of ether oxygens (including phenoxy) is 1. The Morgan fingerprint density at radius 2 is 1.88 bits per heavy atom. The van der Waals surface area contributed by atoms with Gasteiger partial charge in [-0.25, -0.2) is 0 Å². The largest absolute Gasteiger partial charge is 0.379 e. The van der Waals surface area contributed by atoms with E-state index in [1.165, 1.54) is 0 Å². The van der Waals surface area contributed by atoms with E-state index in [-0.39, 0.29) is 5.56 Å². The molecule has 0 amide bonds. The molecule has 0 saturated carbocycles. The Kier molecular flexibility index (Phi) is 8.32. The van der Waals surface area contributed by atoms with Gasteiger partial charge in [0.25, 0.3) is 5.56 Å². The topological polar surface area (TPSA) is 60.6 Å². The van der Waals surface area contributed by atoms with Crippen LogP contribution in [0, 0.1) is 13.8 Å². The monoisotopic (exact) mass is 478 g/mol. The fraction of sp³-hybridized carbons (Fsp3) is 0.407. The van der Waals surface area contributed by atoms with Gasteiger partial charge < -0.3 is 19.9 Å². The Morgan fingerprint density at radius 1 is 1.12 bits per heavy atom. The minimum Gasteiger partial charge on any atom is -0.379 e. The summed E-state index contributed by atoms with van der Waals surface area (Å²) in [6.07, 6.45) is 1.01. The van der Waals surface area contributed by atoms with Gasteiger partial charge in [0.15, 0.2) is 5.11 Å². The van der Waals surface area contributed by atoms with Gasteiger partial charge in [0, 0.05) is 42.6 Å². The van der Waals surface area contributed by atoms with Gasteiger partial charge in [-0.1, -0.05) is 36.4 Å². The quantitative estimate of drug-likeness (QED) is 0.380. The van der Waals surface area contributed by atoms with Crippen molar-refractivity contribution in [3.05, 3.63) is 81.1 Å². The van der Waals surface area contributed by atoms with Gasteiger partial charge >= 0.3 is 0 Å². The van der Waals surface area contributed by atoms with E-state index in [1.807, 2.05) is 37.3 Å². The van der Waals surface area contributed by atoms with Crippen molar-refractivity contribution < 1.29 is 4.74 Å². The molecule has 0 unspecified atom stereocenters. The molecule has 0 bridgehead atoms. The third-order valence-corrected chi connectivity index (χ3v) is 6.69. The van der Waals surface area contributed by atoms with Crippen LogP contribution < -0.4 is 10.9 Å². The average Bonchev–Trinajstić information content (AvgIpc) is 2.83. The smallest absolute Gasteiger partial charge is 0.253 e. The predicted molar refractivity (Wildman–Crippen MR) is 142 cm³/mol. The number of pyridine rings is 1. The molecule has 1 fully saturated rings. The van der Waals surface area contributed by atoms with Crippen molar-refractivity contribution in [2.75, 3.05) is 39.4 Å². The number of aromatic nitrogens is 1. The highest BCUT2D eigenvalue weighted by atomic mass is 32.1. The van der Waals surface area contributed by atoms with E-state index in [0.29, 0.717) is 23.8 Å². The Labute approximate surface area is 206 Å². The van der Waals surface area contributed by atoms with E-state index >= 15 is 0 Å². The number of benzene rings is 2. The molecule has 0 atom stereocenters. The number of aromatic amines is 1. The van der Waals surface area contributed by atoms with E-state index in [2.05, 4.69) is 45.2 Å². The standard InChI is InChI=1S/C27H34N4O2S/c1-20-15-21(2)24-17-23(26(32)29-25(24)16-20)19-31(18-22-7-4-3-5-8-22)27(34)28-9-6-10-30-11-13-33-14-12-30/h3-5,7-8,15-17H,6,9-14,18-19H2,1-2H3,(H,28,34)(H,29,32). The summed E-state index contributed by atoms with van der Waals surface area (Å²) in [5, 5.41) is 5.17. The lowest BCUT2D eigenvalue weighted by molar-refractivity contribution is 0.0376. The summed E-state index contributed by atoms with van der Waals surface area (Å²) in [5.41, 5.74) is 4.99. The second-order valence-electron chi connectivity index (χ2n) is 9.05. The predicted octanol–water partition coefficient (Wildman–Crippen LogP) is 3.74. The maximum Gasteiger partial charge on any atom is 0.253 e. The summed E-state index contributed by atoms with van der Waals surface area (Å²) < 4.78 is 5.43. The molecule has 0 spiro atoms. The van der Waals surface area contributed by atoms with Gasteiger partial charge in [0.2, 0.25) is 0 Å². The van der Waals surface area contributed by atoms with Gasteiger partial charge in [-0.15, -0.1) is 0 Å². The molecule has 2 aromatic carbocycles. The molecule has 6 nitrogen and oxygen atoms in total. The van der Waals surface area contributed by atoms with Gasteiger partial charge in [0.1, 0.15) is 0 Å². The van der Waals surface area contributed by atoms with Crippen LogP contribution in [0.15, 0.2) is 53.3 Å². The van der Waals surface area contributed by atoms with Crippen LogP contribution in [0.2, 0.25) is 0 Å². The van der Waals surface area contributed by atoms with Gasteiger partial charge in [-0.2, -0.15) is 0 Å². The fourth-order valence-corrected chi connectivity index (χ4v) is 4.71. The second kappa shape index (κ2) is 11.6. The molecule has 180 valence electrons. The molecule has 0 radical (unpaired) electrons. The van der Waals surface area contributed by atoms with Gasteiger partial charge in [0.05, 0.1) is 19.8 Å². The highest BCUT2D eigenvalue weighted by molar-refractivity contribution is 7.80. The SMILES string of the molecule is Cc1cc(C)c2cc(CN(Cc3ccccc3)C(=S)NCCCN3CCOCC3)c(=O)[nH]c2c1. The summed E-state index contributed by atoms with van der Waals surface area (Å²) in [6.45, 7) is 10.7. The highest BCUT2D eigenvalue weighted by Gasteiger charge is 2.15. The first-order chi connectivity index (χ1) is 16.5. The lowest BCUT2D eigenvalue weighted by Crippen LogP contribution is -2.42. The first kappa shape index (κ1) is 24.4. The zero-order chi connectivity index (χ0) is 23.9. The number of morpholine rings is 1. The summed E-state index contributed by atoms with van der Waals surface area (Å²) in [5.74, 6) is 0. The van der Waals surface area contributed by atoms with Crippen LogP contribution in [0.4, 0.5) is 0 Å². The third kappa shape index (κ3) is 6.44. The number of thiocarbonyl (C=S) groups is 1. The van der Waals surface area contributed by atoms with E-state index in [1.54, 1.807) is 0 Å². The van der Waals surface area contributed by atoms with Gasteiger partial charge in [-0.3, -0.25) is 9.69 Å². The lowest BCUT2D eigenvalue weighted by Gasteiger charge is -2.28. The van der Waals surface area contributed by atoms with Crippen LogP contribution in [0.25, 0.3) is 10.9 Å². The number of hydrogen-bond acceptors (Lipinski definition) is 4. The Balaban J connectivity index is 1.47.